The van der Waals surface area contributed by atoms with Gasteiger partial charge in [0.05, 0.1) is 47.6 Å². The van der Waals surface area contributed by atoms with Crippen LogP contribution >= 0.6 is 23.2 Å². The zero-order valence-electron chi connectivity index (χ0n) is 20.9. The van der Waals surface area contributed by atoms with Crippen LogP contribution in [0.1, 0.15) is 65.0 Å². The number of carbonyl (C=O) groups excluding carboxylic acids is 1. The molecule has 0 unspecified atom stereocenters. The number of benzene rings is 2. The summed E-state index contributed by atoms with van der Waals surface area (Å²) in [7, 11) is 3.13. The van der Waals surface area contributed by atoms with Gasteiger partial charge in [-0.05, 0) is 49.9 Å². The molecule has 0 atom stereocenters. The molecule has 198 valence electrons. The van der Waals surface area contributed by atoms with E-state index in [9.17, 15) is 9.90 Å². The SMILES string of the molecule is COc1cccc(Cl)c1-c1noc(C2CC2)c1C=O.COc1cccc(Cl)c1-c1noc(C2CC2)c1CO. The maximum atomic E-state index is 11.3. The summed E-state index contributed by atoms with van der Waals surface area (Å²) in [6, 6.07) is 10.7. The molecule has 4 aromatic rings. The Morgan fingerprint density at radius 3 is 1.87 bits per heavy atom. The number of ether oxygens (including phenoxy) is 2. The van der Waals surface area contributed by atoms with Gasteiger partial charge in [-0.25, -0.2) is 0 Å². The molecule has 8 nitrogen and oxygen atoms in total. The largest absolute Gasteiger partial charge is 0.496 e. The predicted molar refractivity (Wildman–Crippen MR) is 142 cm³/mol. The van der Waals surface area contributed by atoms with Crippen molar-refractivity contribution in [2.24, 2.45) is 0 Å². The fraction of sp³-hybridized carbons (Fsp3) is 0.321. The van der Waals surface area contributed by atoms with Gasteiger partial charge >= 0.3 is 0 Å². The number of rotatable bonds is 8. The number of aliphatic hydroxyl groups is 1. The van der Waals surface area contributed by atoms with E-state index < -0.39 is 0 Å². The first-order valence-corrected chi connectivity index (χ1v) is 13.0. The first-order valence-electron chi connectivity index (χ1n) is 12.2. The van der Waals surface area contributed by atoms with Crippen LogP contribution in [0, 0.1) is 0 Å². The Balaban J connectivity index is 0.000000155. The molecule has 1 N–H and O–H groups in total. The monoisotopic (exact) mass is 556 g/mol. The Hall–Kier alpha value is -3.33. The molecule has 0 aliphatic heterocycles. The van der Waals surface area contributed by atoms with Gasteiger partial charge in [-0.15, -0.1) is 0 Å². The lowest BCUT2D eigenvalue weighted by atomic mass is 10.0. The van der Waals surface area contributed by atoms with Gasteiger partial charge in [0.2, 0.25) is 0 Å². The first-order chi connectivity index (χ1) is 18.5. The van der Waals surface area contributed by atoms with Gasteiger partial charge in [-0.2, -0.15) is 0 Å². The molecule has 0 amide bonds. The third-order valence-electron chi connectivity index (χ3n) is 6.61. The lowest BCUT2D eigenvalue weighted by molar-refractivity contribution is 0.112. The van der Waals surface area contributed by atoms with E-state index in [1.807, 2.05) is 12.1 Å². The van der Waals surface area contributed by atoms with Gasteiger partial charge in [-0.1, -0.05) is 45.6 Å². The molecule has 2 aromatic heterocycles. The number of methoxy groups -OCH3 is 2. The molecule has 0 radical (unpaired) electrons. The number of hydrogen-bond donors (Lipinski definition) is 1. The molecule has 2 aliphatic rings. The highest BCUT2D eigenvalue weighted by Crippen LogP contribution is 2.47. The highest BCUT2D eigenvalue weighted by molar-refractivity contribution is 6.34. The first kappa shape index (κ1) is 26.3. The van der Waals surface area contributed by atoms with E-state index in [0.717, 1.165) is 37.7 Å². The summed E-state index contributed by atoms with van der Waals surface area (Å²) in [6.07, 6.45) is 5.02. The highest BCUT2D eigenvalue weighted by Gasteiger charge is 2.34. The quantitative estimate of drug-likeness (QED) is 0.229. The van der Waals surface area contributed by atoms with Crippen LogP contribution in [0.15, 0.2) is 45.4 Å². The van der Waals surface area contributed by atoms with Crippen LogP contribution in [0.5, 0.6) is 11.5 Å². The molecule has 38 heavy (non-hydrogen) atoms. The fourth-order valence-electron chi connectivity index (χ4n) is 4.39. The number of aldehydes is 1. The summed E-state index contributed by atoms with van der Waals surface area (Å²) in [4.78, 5) is 11.3. The van der Waals surface area contributed by atoms with Crippen LogP contribution in [-0.4, -0.2) is 35.9 Å². The fourth-order valence-corrected chi connectivity index (χ4v) is 4.90. The second-order valence-corrected chi connectivity index (χ2v) is 9.96. The zero-order valence-corrected chi connectivity index (χ0v) is 22.4. The second-order valence-electron chi connectivity index (χ2n) is 9.14. The van der Waals surface area contributed by atoms with Gasteiger partial charge in [0.25, 0.3) is 0 Å². The number of halogens is 2. The van der Waals surface area contributed by atoms with Crippen LogP contribution < -0.4 is 9.47 Å². The van der Waals surface area contributed by atoms with Gasteiger partial charge in [0.15, 0.2) is 12.0 Å². The van der Waals surface area contributed by atoms with Crippen molar-refractivity contribution in [1.82, 2.24) is 10.3 Å². The number of aromatic nitrogens is 2. The Kier molecular flexibility index (Phi) is 7.74. The van der Waals surface area contributed by atoms with Gasteiger partial charge < -0.3 is 23.6 Å². The summed E-state index contributed by atoms with van der Waals surface area (Å²) in [5, 5.41) is 18.7. The Morgan fingerprint density at radius 2 is 1.37 bits per heavy atom. The molecule has 0 saturated heterocycles. The van der Waals surface area contributed by atoms with Crippen LogP contribution in [0.4, 0.5) is 0 Å². The molecule has 0 bridgehead atoms. The lowest BCUT2D eigenvalue weighted by Gasteiger charge is -2.08. The summed E-state index contributed by atoms with van der Waals surface area (Å²) in [5.41, 5.74) is 3.50. The maximum absolute atomic E-state index is 11.3. The van der Waals surface area contributed by atoms with Crippen LogP contribution in [0.25, 0.3) is 22.5 Å². The Bertz CT molecular complexity index is 1460. The minimum absolute atomic E-state index is 0.112. The van der Waals surface area contributed by atoms with Crippen molar-refractivity contribution in [2.45, 2.75) is 44.1 Å². The van der Waals surface area contributed by atoms with E-state index in [4.69, 9.17) is 41.7 Å². The third-order valence-corrected chi connectivity index (χ3v) is 7.24. The molecule has 10 heteroatoms. The average Bonchev–Trinajstić information content (AvgIpc) is 3.88. The molecule has 2 aliphatic carbocycles. The maximum Gasteiger partial charge on any atom is 0.155 e. The normalized spacial score (nSPS) is 14.6. The van der Waals surface area contributed by atoms with Crippen LogP contribution in [-0.2, 0) is 6.61 Å². The summed E-state index contributed by atoms with van der Waals surface area (Å²) in [6.45, 7) is -0.112. The molecule has 0 spiro atoms. The number of nitrogens with zero attached hydrogens (tertiary/aromatic N) is 2. The molecule has 2 aromatic carbocycles. The zero-order chi connectivity index (χ0) is 26.8. The highest BCUT2D eigenvalue weighted by atomic mass is 35.5. The summed E-state index contributed by atoms with van der Waals surface area (Å²) in [5.74, 6) is 3.34. The van der Waals surface area contributed by atoms with Crippen molar-refractivity contribution in [3.63, 3.8) is 0 Å². The summed E-state index contributed by atoms with van der Waals surface area (Å²) >= 11 is 12.4. The van der Waals surface area contributed by atoms with Gasteiger partial charge in [0.1, 0.15) is 28.6 Å². The van der Waals surface area contributed by atoms with Crippen molar-refractivity contribution in [2.75, 3.05) is 14.2 Å². The van der Waals surface area contributed by atoms with Crippen LogP contribution in [0.3, 0.4) is 0 Å². The van der Waals surface area contributed by atoms with Gasteiger partial charge in [0, 0.05) is 17.4 Å². The van der Waals surface area contributed by atoms with E-state index in [2.05, 4.69) is 10.3 Å². The van der Waals surface area contributed by atoms with Crippen molar-refractivity contribution in [1.29, 1.82) is 0 Å². The molecule has 6 rings (SSSR count). The molecule has 2 saturated carbocycles. The number of carbonyl (C=O) groups is 1. The molecule has 2 heterocycles. The van der Waals surface area contributed by atoms with E-state index in [1.54, 1.807) is 38.5 Å². The molecule has 2 fully saturated rings. The van der Waals surface area contributed by atoms with E-state index in [-0.39, 0.29) is 6.61 Å². The van der Waals surface area contributed by atoms with Crippen molar-refractivity contribution < 1.29 is 28.4 Å². The van der Waals surface area contributed by atoms with Crippen LogP contribution in [0.2, 0.25) is 10.0 Å². The number of aliphatic hydroxyl groups excluding tert-OH is 1. The third kappa shape index (κ3) is 5.04. The lowest BCUT2D eigenvalue weighted by Crippen LogP contribution is -1.94. The topological polar surface area (TPSA) is 108 Å². The second kappa shape index (κ2) is 11.2. The van der Waals surface area contributed by atoms with Crippen molar-refractivity contribution >= 4 is 29.5 Å². The van der Waals surface area contributed by atoms with E-state index >= 15 is 0 Å². The van der Waals surface area contributed by atoms with E-state index in [0.29, 0.717) is 72.8 Å². The minimum atomic E-state index is -0.112. The Morgan fingerprint density at radius 1 is 0.868 bits per heavy atom. The molecular weight excluding hydrogens is 531 g/mol. The minimum Gasteiger partial charge on any atom is -0.496 e. The number of hydrogen-bond acceptors (Lipinski definition) is 8. The molecular formula is C28H26Cl2N2O6. The smallest absolute Gasteiger partial charge is 0.155 e. The predicted octanol–water partition coefficient (Wildman–Crippen LogP) is 7.07. The average molecular weight is 557 g/mol. The Labute approximate surface area is 229 Å². The summed E-state index contributed by atoms with van der Waals surface area (Å²) < 4.78 is 21.3. The van der Waals surface area contributed by atoms with Crippen molar-refractivity contribution in [3.05, 3.63) is 69.1 Å². The van der Waals surface area contributed by atoms with Crippen molar-refractivity contribution in [3.8, 4) is 34.0 Å². The van der Waals surface area contributed by atoms with Gasteiger partial charge in [-0.3, -0.25) is 4.79 Å². The standard InChI is InChI=1S/C14H14ClNO3.C14H12ClNO3/c2*1-18-11-4-2-3-10(15)12(11)13-9(7-17)14(19-16-13)8-5-6-8/h2-4,8,17H,5-7H2,1H3;2-4,7-8H,5-6H2,1H3. The van der Waals surface area contributed by atoms with E-state index in [1.165, 1.54) is 0 Å².